The zero-order chi connectivity index (χ0) is 23.3. The molecule has 2 aromatic carbocycles. The molecule has 3 rings (SSSR count). The molecule has 2 amide bonds. The Morgan fingerprint density at radius 1 is 0.969 bits per heavy atom. The Kier molecular flexibility index (Phi) is 8.20. The first-order valence-electron chi connectivity index (χ1n) is 10.5. The second kappa shape index (κ2) is 10.7. The second-order valence-corrected chi connectivity index (χ2v) is 11.0. The minimum atomic E-state index is -3.35. The topological polar surface area (TPSA) is 92.3 Å². The van der Waals surface area contributed by atoms with E-state index in [-0.39, 0.29) is 32.1 Å². The molecule has 9 heteroatoms. The molecule has 0 heterocycles. The molecule has 1 saturated carbocycles. The zero-order valence-corrected chi connectivity index (χ0v) is 20.1. The fourth-order valence-electron chi connectivity index (χ4n) is 3.84. The number of amides is 2. The van der Waals surface area contributed by atoms with Crippen LogP contribution < -0.4 is 10.6 Å². The third-order valence-electron chi connectivity index (χ3n) is 5.61. The molecular weight excluding hydrogens is 471 g/mol. The highest BCUT2D eigenvalue weighted by Crippen LogP contribution is 2.34. The quantitative estimate of drug-likeness (QED) is 0.495. The summed E-state index contributed by atoms with van der Waals surface area (Å²) in [7, 11) is -3.35. The van der Waals surface area contributed by atoms with Gasteiger partial charge in [0.05, 0.1) is 20.6 Å². The second-order valence-electron chi connectivity index (χ2n) is 8.16. The average molecular weight is 497 g/mol. The molecule has 0 saturated heterocycles. The first-order valence-corrected chi connectivity index (χ1v) is 13.2. The lowest BCUT2D eigenvalue weighted by Gasteiger charge is -2.21. The molecule has 0 atom stereocenters. The Balaban J connectivity index is 1.62. The molecular formula is C23H26Cl2N2O4S. The van der Waals surface area contributed by atoms with Crippen LogP contribution >= 0.6 is 23.2 Å². The number of rotatable bonds is 7. The van der Waals surface area contributed by atoms with Gasteiger partial charge in [0, 0.05) is 23.9 Å². The van der Waals surface area contributed by atoms with E-state index < -0.39 is 15.7 Å². The van der Waals surface area contributed by atoms with Crippen LogP contribution in [-0.4, -0.2) is 26.5 Å². The van der Waals surface area contributed by atoms with Gasteiger partial charge in [-0.05, 0) is 48.7 Å². The third-order valence-corrected chi connectivity index (χ3v) is 7.34. The number of hydrogen-bond acceptors (Lipinski definition) is 4. The van der Waals surface area contributed by atoms with Crippen molar-refractivity contribution >= 4 is 56.2 Å². The summed E-state index contributed by atoms with van der Waals surface area (Å²) in [5.41, 5.74) is 0.930. The fourth-order valence-corrected chi connectivity index (χ4v) is 5.05. The van der Waals surface area contributed by atoms with Gasteiger partial charge in [-0.25, -0.2) is 8.42 Å². The van der Waals surface area contributed by atoms with E-state index in [9.17, 15) is 18.0 Å². The van der Waals surface area contributed by atoms with Crippen molar-refractivity contribution in [3.05, 3.63) is 52.0 Å². The molecule has 0 bridgehead atoms. The van der Waals surface area contributed by atoms with Crippen LogP contribution in [0.2, 0.25) is 10.0 Å². The average Bonchev–Trinajstić information content (AvgIpc) is 2.75. The van der Waals surface area contributed by atoms with Crippen molar-refractivity contribution in [3.8, 4) is 0 Å². The molecule has 0 aromatic heterocycles. The number of carbonyl (C=O) groups is 2. The lowest BCUT2D eigenvalue weighted by atomic mass is 9.86. The van der Waals surface area contributed by atoms with E-state index in [2.05, 4.69) is 10.6 Å². The molecule has 1 aliphatic carbocycles. The molecule has 172 valence electrons. The van der Waals surface area contributed by atoms with Gasteiger partial charge in [-0.3, -0.25) is 9.59 Å². The zero-order valence-electron chi connectivity index (χ0n) is 17.8. The summed E-state index contributed by atoms with van der Waals surface area (Å²) in [5, 5.41) is 5.82. The number of hydrogen-bond donors (Lipinski definition) is 2. The molecule has 6 nitrogen and oxygen atoms in total. The fraction of sp³-hybridized carbons (Fsp3) is 0.391. The normalized spacial score (nSPS) is 14.7. The van der Waals surface area contributed by atoms with Gasteiger partial charge < -0.3 is 10.6 Å². The van der Waals surface area contributed by atoms with Crippen LogP contribution in [0.25, 0.3) is 0 Å². The van der Waals surface area contributed by atoms with Gasteiger partial charge >= 0.3 is 0 Å². The van der Waals surface area contributed by atoms with Gasteiger partial charge in [-0.2, -0.15) is 0 Å². The highest BCUT2D eigenvalue weighted by Gasteiger charge is 2.17. The van der Waals surface area contributed by atoms with E-state index in [1.807, 2.05) is 0 Å². The molecule has 2 N–H and O–H groups in total. The minimum absolute atomic E-state index is 0.0922. The summed E-state index contributed by atoms with van der Waals surface area (Å²) in [6.07, 6.45) is 8.57. The van der Waals surface area contributed by atoms with Crippen molar-refractivity contribution in [1.82, 2.24) is 0 Å². The maximum absolute atomic E-state index is 12.5. The maximum Gasteiger partial charge on any atom is 0.255 e. The van der Waals surface area contributed by atoms with Gasteiger partial charge in [0.15, 0.2) is 9.84 Å². The Morgan fingerprint density at radius 2 is 1.56 bits per heavy atom. The molecule has 0 aliphatic heterocycles. The van der Waals surface area contributed by atoms with Crippen molar-refractivity contribution in [3.63, 3.8) is 0 Å². The summed E-state index contributed by atoms with van der Waals surface area (Å²) in [6, 6.07) is 8.62. The van der Waals surface area contributed by atoms with Crippen LogP contribution in [0.3, 0.4) is 0 Å². The predicted octanol–water partition coefficient (Wildman–Crippen LogP) is 5.95. The van der Waals surface area contributed by atoms with Crippen molar-refractivity contribution in [2.45, 2.75) is 49.8 Å². The van der Waals surface area contributed by atoms with Crippen LogP contribution in [0.1, 0.15) is 55.3 Å². The van der Waals surface area contributed by atoms with Crippen molar-refractivity contribution in [1.29, 1.82) is 0 Å². The standard InChI is InChI=1S/C23H26Cl2N2O4S/c1-32(30,31)18-10-8-16(9-11-18)23(29)27-22-19(24)13-17(14-20(22)25)26-21(28)12-7-15-5-3-2-4-6-15/h8-11,13-15H,2-7,12H2,1H3,(H,26,28)(H,27,29). The number of anilines is 2. The number of benzene rings is 2. The monoisotopic (exact) mass is 496 g/mol. The van der Waals surface area contributed by atoms with Crippen LogP contribution in [0, 0.1) is 5.92 Å². The molecule has 1 fully saturated rings. The van der Waals surface area contributed by atoms with Gasteiger partial charge in [-0.1, -0.05) is 55.3 Å². The largest absolute Gasteiger partial charge is 0.326 e. The van der Waals surface area contributed by atoms with E-state index >= 15 is 0 Å². The van der Waals surface area contributed by atoms with Gasteiger partial charge in [0.2, 0.25) is 5.91 Å². The van der Waals surface area contributed by atoms with Crippen molar-refractivity contribution < 1.29 is 18.0 Å². The Labute approximate surface area is 198 Å². The van der Waals surface area contributed by atoms with Gasteiger partial charge in [0.25, 0.3) is 5.91 Å². The van der Waals surface area contributed by atoms with E-state index in [1.165, 1.54) is 68.5 Å². The number of halogens is 2. The van der Waals surface area contributed by atoms with E-state index in [0.29, 0.717) is 18.0 Å². The Hall–Kier alpha value is -2.09. The Bertz CT molecular complexity index is 1070. The SMILES string of the molecule is CS(=O)(=O)c1ccc(C(=O)Nc2c(Cl)cc(NC(=O)CCC3CCCCC3)cc2Cl)cc1. The van der Waals surface area contributed by atoms with Gasteiger partial charge in [-0.15, -0.1) is 0 Å². The van der Waals surface area contributed by atoms with Crippen LogP contribution in [-0.2, 0) is 14.6 Å². The van der Waals surface area contributed by atoms with Crippen molar-refractivity contribution in [2.75, 3.05) is 16.9 Å². The van der Waals surface area contributed by atoms with Crippen LogP contribution in [0.15, 0.2) is 41.3 Å². The molecule has 1 aliphatic rings. The Morgan fingerprint density at radius 3 is 2.12 bits per heavy atom. The molecule has 0 spiro atoms. The maximum atomic E-state index is 12.5. The highest BCUT2D eigenvalue weighted by atomic mass is 35.5. The molecule has 32 heavy (non-hydrogen) atoms. The lowest BCUT2D eigenvalue weighted by molar-refractivity contribution is -0.116. The first-order chi connectivity index (χ1) is 15.1. The predicted molar refractivity (Wildman–Crippen MR) is 128 cm³/mol. The molecule has 0 unspecified atom stereocenters. The number of nitrogens with one attached hydrogen (secondary N) is 2. The van der Waals surface area contributed by atoms with Crippen LogP contribution in [0.4, 0.5) is 11.4 Å². The third kappa shape index (κ3) is 6.70. The summed E-state index contributed by atoms with van der Waals surface area (Å²) < 4.78 is 23.1. The lowest BCUT2D eigenvalue weighted by Crippen LogP contribution is -2.15. The molecule has 2 aromatic rings. The first kappa shape index (κ1) is 24.6. The number of carbonyl (C=O) groups excluding carboxylic acids is 2. The van der Waals surface area contributed by atoms with E-state index in [4.69, 9.17) is 23.2 Å². The van der Waals surface area contributed by atoms with Crippen LogP contribution in [0.5, 0.6) is 0 Å². The molecule has 0 radical (unpaired) electrons. The summed E-state index contributed by atoms with van der Waals surface area (Å²) >= 11 is 12.6. The summed E-state index contributed by atoms with van der Waals surface area (Å²) in [5.74, 6) is 0.0364. The summed E-state index contributed by atoms with van der Waals surface area (Å²) in [6.45, 7) is 0. The van der Waals surface area contributed by atoms with Crippen molar-refractivity contribution in [2.24, 2.45) is 5.92 Å². The highest BCUT2D eigenvalue weighted by molar-refractivity contribution is 7.90. The van der Waals surface area contributed by atoms with E-state index in [0.717, 1.165) is 12.7 Å². The minimum Gasteiger partial charge on any atom is -0.326 e. The smallest absolute Gasteiger partial charge is 0.255 e. The van der Waals surface area contributed by atoms with Gasteiger partial charge in [0.1, 0.15) is 0 Å². The number of sulfone groups is 1. The summed E-state index contributed by atoms with van der Waals surface area (Å²) in [4.78, 5) is 25.0. The van der Waals surface area contributed by atoms with E-state index in [1.54, 1.807) is 0 Å².